The Hall–Kier alpha value is -2.42. The number of nitrogens with two attached hydrogens (primary N) is 1. The molecular formula is C18H24N2O. The van der Waals surface area contributed by atoms with Crippen LogP contribution in [0.1, 0.15) is 25.0 Å². The third-order valence-electron chi connectivity index (χ3n) is 2.99. The monoisotopic (exact) mass is 284 g/mol. The van der Waals surface area contributed by atoms with Gasteiger partial charge < -0.3 is 15.8 Å². The number of hydrogen-bond donors (Lipinski definition) is 2. The predicted molar refractivity (Wildman–Crippen MR) is 92.6 cm³/mol. The number of methoxy groups -OCH3 is 1. The fraction of sp³-hybridized carbons (Fsp3) is 0.222. The molecule has 3 N–H and O–H groups in total. The molecule has 0 heterocycles. The van der Waals surface area contributed by atoms with Crippen LogP contribution in [0, 0.1) is 6.92 Å². The summed E-state index contributed by atoms with van der Waals surface area (Å²) in [6.07, 6.45) is 0. The smallest absolute Gasteiger partial charge is 0.121 e. The summed E-state index contributed by atoms with van der Waals surface area (Å²) in [7, 11) is 1.67. The van der Waals surface area contributed by atoms with Gasteiger partial charge in [0.15, 0.2) is 0 Å². The van der Waals surface area contributed by atoms with E-state index >= 15 is 0 Å². The zero-order valence-corrected chi connectivity index (χ0v) is 13.2. The number of aryl methyl sites for hydroxylation is 1. The van der Waals surface area contributed by atoms with Gasteiger partial charge in [0.2, 0.25) is 0 Å². The van der Waals surface area contributed by atoms with Crippen LogP contribution in [-0.4, -0.2) is 7.11 Å². The van der Waals surface area contributed by atoms with E-state index < -0.39 is 0 Å². The van der Waals surface area contributed by atoms with Crippen molar-refractivity contribution in [2.24, 2.45) is 0 Å². The predicted octanol–water partition coefficient (Wildman–Crippen LogP) is 4.69. The van der Waals surface area contributed by atoms with Crippen molar-refractivity contribution in [2.75, 3.05) is 18.2 Å². The van der Waals surface area contributed by atoms with Gasteiger partial charge in [-0.05, 0) is 48.4 Å². The van der Waals surface area contributed by atoms with E-state index in [1.807, 2.05) is 63.2 Å². The number of benzene rings is 2. The van der Waals surface area contributed by atoms with Crippen LogP contribution in [-0.2, 0) is 0 Å². The van der Waals surface area contributed by atoms with Crippen LogP contribution < -0.4 is 15.8 Å². The van der Waals surface area contributed by atoms with Gasteiger partial charge in [0.25, 0.3) is 0 Å². The second-order valence-electron chi connectivity index (χ2n) is 4.38. The van der Waals surface area contributed by atoms with Gasteiger partial charge in [-0.1, -0.05) is 32.6 Å². The lowest BCUT2D eigenvalue weighted by atomic mass is 10.1. The van der Waals surface area contributed by atoms with Gasteiger partial charge in [0.05, 0.1) is 18.5 Å². The summed E-state index contributed by atoms with van der Waals surface area (Å²) in [5.41, 5.74) is 10.4. The maximum atomic E-state index is 5.90. The molecule has 21 heavy (non-hydrogen) atoms. The van der Waals surface area contributed by atoms with Crippen LogP contribution in [0.5, 0.6) is 5.75 Å². The first-order valence-corrected chi connectivity index (χ1v) is 7.07. The molecule has 2 rings (SSSR count). The fourth-order valence-electron chi connectivity index (χ4n) is 1.91. The zero-order valence-electron chi connectivity index (χ0n) is 13.2. The summed E-state index contributed by atoms with van der Waals surface area (Å²) in [6, 6.07) is 13.6. The van der Waals surface area contributed by atoms with Crippen LogP contribution in [0.25, 0.3) is 5.70 Å². The number of rotatable bonds is 4. The number of nitrogens with one attached hydrogen (secondary N) is 1. The Labute approximate surface area is 127 Å². The number of hydrogen-bond acceptors (Lipinski definition) is 3. The van der Waals surface area contributed by atoms with Crippen molar-refractivity contribution in [1.82, 2.24) is 0 Å². The van der Waals surface area contributed by atoms with E-state index in [-0.39, 0.29) is 0 Å². The molecule has 0 saturated heterocycles. The molecule has 0 aliphatic carbocycles. The molecule has 3 heteroatoms. The number of ether oxygens (including phenoxy) is 1. The third-order valence-corrected chi connectivity index (χ3v) is 2.99. The summed E-state index contributed by atoms with van der Waals surface area (Å²) in [4.78, 5) is 0. The molecular weight excluding hydrogens is 260 g/mol. The number of anilines is 2. The van der Waals surface area contributed by atoms with E-state index in [4.69, 9.17) is 10.5 Å². The standard InChI is InChI=1S/C16H18N2O.C2H6/c1-11-10-13(8-9-16(11)19-3)12(2)18-15-7-5-4-6-14(15)17;1-2/h4-10,18H,2,17H2,1,3H3;1-2H3. The molecule has 0 fully saturated rings. The largest absolute Gasteiger partial charge is 0.496 e. The number of para-hydroxylation sites is 2. The van der Waals surface area contributed by atoms with Crippen molar-refractivity contribution >= 4 is 17.1 Å². The second-order valence-corrected chi connectivity index (χ2v) is 4.38. The topological polar surface area (TPSA) is 47.3 Å². The van der Waals surface area contributed by atoms with Crippen molar-refractivity contribution < 1.29 is 4.74 Å². The molecule has 0 unspecified atom stereocenters. The van der Waals surface area contributed by atoms with Gasteiger partial charge in [-0.25, -0.2) is 0 Å². The average molecular weight is 284 g/mol. The van der Waals surface area contributed by atoms with E-state index in [0.29, 0.717) is 5.69 Å². The Bertz CT molecular complexity index is 606. The molecule has 0 aliphatic heterocycles. The van der Waals surface area contributed by atoms with Crippen molar-refractivity contribution in [2.45, 2.75) is 20.8 Å². The van der Waals surface area contributed by atoms with Gasteiger partial charge in [0.1, 0.15) is 5.75 Å². The molecule has 0 saturated carbocycles. The Balaban J connectivity index is 0.00000106. The minimum absolute atomic E-state index is 0.703. The molecule has 2 aromatic carbocycles. The SMILES string of the molecule is C=C(Nc1ccccc1N)c1ccc(OC)c(C)c1.CC. The van der Waals surface area contributed by atoms with Gasteiger partial charge in [-0.15, -0.1) is 0 Å². The molecule has 3 nitrogen and oxygen atoms in total. The minimum atomic E-state index is 0.703. The highest BCUT2D eigenvalue weighted by atomic mass is 16.5. The second kappa shape index (κ2) is 8.00. The van der Waals surface area contributed by atoms with Crippen LogP contribution >= 0.6 is 0 Å². The van der Waals surface area contributed by atoms with Crippen LogP contribution in [0.2, 0.25) is 0 Å². The van der Waals surface area contributed by atoms with E-state index in [1.165, 1.54) is 0 Å². The minimum Gasteiger partial charge on any atom is -0.496 e. The number of nitrogen functional groups attached to an aromatic ring is 1. The highest BCUT2D eigenvalue weighted by molar-refractivity contribution is 5.81. The van der Waals surface area contributed by atoms with Gasteiger partial charge in [0, 0.05) is 5.70 Å². The van der Waals surface area contributed by atoms with E-state index in [2.05, 4.69) is 11.9 Å². The van der Waals surface area contributed by atoms with E-state index in [0.717, 1.165) is 28.3 Å². The quantitative estimate of drug-likeness (QED) is 0.800. The first kappa shape index (κ1) is 16.6. The molecule has 112 valence electrons. The summed E-state index contributed by atoms with van der Waals surface area (Å²) < 4.78 is 5.25. The molecule has 2 aromatic rings. The molecule has 0 bridgehead atoms. The third kappa shape index (κ3) is 4.28. The first-order chi connectivity index (χ1) is 10.1. The zero-order chi connectivity index (χ0) is 15.8. The Morgan fingerprint density at radius 1 is 1.14 bits per heavy atom. The lowest BCUT2D eigenvalue weighted by Gasteiger charge is -2.13. The van der Waals surface area contributed by atoms with Crippen molar-refractivity contribution in [3.8, 4) is 5.75 Å². The molecule has 0 amide bonds. The molecule has 0 aromatic heterocycles. The van der Waals surface area contributed by atoms with Gasteiger partial charge >= 0.3 is 0 Å². The lowest BCUT2D eigenvalue weighted by molar-refractivity contribution is 0.411. The van der Waals surface area contributed by atoms with Crippen LogP contribution in [0.4, 0.5) is 11.4 Å². The summed E-state index contributed by atoms with van der Waals surface area (Å²) in [6.45, 7) is 10.1. The van der Waals surface area contributed by atoms with Crippen molar-refractivity contribution in [3.05, 3.63) is 60.2 Å². The molecule has 0 spiro atoms. The maximum absolute atomic E-state index is 5.90. The van der Waals surface area contributed by atoms with E-state index in [9.17, 15) is 0 Å². The van der Waals surface area contributed by atoms with E-state index in [1.54, 1.807) is 7.11 Å². The summed E-state index contributed by atoms with van der Waals surface area (Å²) >= 11 is 0. The Morgan fingerprint density at radius 2 is 1.81 bits per heavy atom. The van der Waals surface area contributed by atoms with Crippen molar-refractivity contribution in [3.63, 3.8) is 0 Å². The first-order valence-electron chi connectivity index (χ1n) is 7.07. The van der Waals surface area contributed by atoms with Crippen LogP contribution in [0.3, 0.4) is 0 Å². The lowest BCUT2D eigenvalue weighted by Crippen LogP contribution is -2.01. The summed E-state index contributed by atoms with van der Waals surface area (Å²) in [5.74, 6) is 0.871. The van der Waals surface area contributed by atoms with Gasteiger partial charge in [-0.2, -0.15) is 0 Å². The highest BCUT2D eigenvalue weighted by Crippen LogP contribution is 2.25. The normalized spacial score (nSPS) is 9.33. The summed E-state index contributed by atoms with van der Waals surface area (Å²) in [5, 5.41) is 3.23. The molecule has 0 atom stereocenters. The Kier molecular flexibility index (Phi) is 6.34. The van der Waals surface area contributed by atoms with Gasteiger partial charge in [-0.3, -0.25) is 0 Å². The average Bonchev–Trinajstić information content (AvgIpc) is 2.51. The maximum Gasteiger partial charge on any atom is 0.121 e. The molecule has 0 radical (unpaired) electrons. The highest BCUT2D eigenvalue weighted by Gasteiger charge is 2.05. The van der Waals surface area contributed by atoms with Crippen molar-refractivity contribution in [1.29, 1.82) is 0 Å². The fourth-order valence-corrected chi connectivity index (χ4v) is 1.91. The Morgan fingerprint density at radius 3 is 2.38 bits per heavy atom. The van der Waals surface area contributed by atoms with Crippen LogP contribution in [0.15, 0.2) is 49.0 Å². The molecule has 0 aliphatic rings.